The summed E-state index contributed by atoms with van der Waals surface area (Å²) >= 11 is 0. The highest BCUT2D eigenvalue weighted by molar-refractivity contribution is 5.55. The Hall–Kier alpha value is -1.29. The quantitative estimate of drug-likeness (QED) is 0.750. The molecule has 0 aliphatic carbocycles. The summed E-state index contributed by atoms with van der Waals surface area (Å²) in [5.41, 5.74) is 6.48. The van der Waals surface area contributed by atoms with Gasteiger partial charge in [-0.25, -0.2) is 4.39 Å². The van der Waals surface area contributed by atoms with Crippen LogP contribution in [0.2, 0.25) is 0 Å². The van der Waals surface area contributed by atoms with Crippen molar-refractivity contribution in [2.24, 2.45) is 5.92 Å². The molecule has 1 aromatic rings. The molecule has 2 atom stereocenters. The second kappa shape index (κ2) is 4.29. The number of benzene rings is 1. The van der Waals surface area contributed by atoms with Crippen molar-refractivity contribution in [2.45, 2.75) is 19.4 Å². The van der Waals surface area contributed by atoms with Crippen molar-refractivity contribution in [1.82, 2.24) is 0 Å². The summed E-state index contributed by atoms with van der Waals surface area (Å²) in [6.45, 7) is 2.92. The van der Waals surface area contributed by atoms with Gasteiger partial charge in [0, 0.05) is 12.2 Å². The second-order valence-corrected chi connectivity index (χ2v) is 4.42. The van der Waals surface area contributed by atoms with Gasteiger partial charge < -0.3 is 15.7 Å². The number of hydrogen-bond donors (Lipinski definition) is 2. The lowest BCUT2D eigenvalue weighted by Gasteiger charge is -2.27. The van der Waals surface area contributed by atoms with E-state index in [0.717, 1.165) is 13.0 Å². The predicted octanol–water partition coefficient (Wildman–Crippen LogP) is 1.61. The normalized spacial score (nSPS) is 25.1. The van der Waals surface area contributed by atoms with E-state index in [2.05, 4.69) is 6.92 Å². The average Bonchev–Trinajstić information content (AvgIpc) is 2.59. The van der Waals surface area contributed by atoms with Gasteiger partial charge in [0.15, 0.2) is 0 Å². The van der Waals surface area contributed by atoms with E-state index in [-0.39, 0.29) is 18.5 Å². The Balaban J connectivity index is 2.30. The molecule has 2 rings (SSSR count). The molecule has 4 heteroatoms. The summed E-state index contributed by atoms with van der Waals surface area (Å²) in [5, 5.41) is 9.32. The predicted molar refractivity (Wildman–Crippen MR) is 62.8 cm³/mol. The van der Waals surface area contributed by atoms with Crippen molar-refractivity contribution in [1.29, 1.82) is 0 Å². The van der Waals surface area contributed by atoms with Crippen LogP contribution in [0.15, 0.2) is 18.2 Å². The van der Waals surface area contributed by atoms with Crippen LogP contribution < -0.4 is 10.6 Å². The van der Waals surface area contributed by atoms with Gasteiger partial charge in [-0.05, 0) is 30.5 Å². The lowest BCUT2D eigenvalue weighted by atomic mass is 10.0. The third-order valence-electron chi connectivity index (χ3n) is 3.35. The van der Waals surface area contributed by atoms with Crippen LogP contribution in [0.3, 0.4) is 0 Å². The largest absolute Gasteiger partial charge is 0.399 e. The van der Waals surface area contributed by atoms with Gasteiger partial charge in [0.05, 0.1) is 18.3 Å². The van der Waals surface area contributed by atoms with E-state index in [1.54, 1.807) is 12.1 Å². The minimum atomic E-state index is -0.312. The Morgan fingerprint density at radius 3 is 2.94 bits per heavy atom. The number of aliphatic hydroxyl groups excluding tert-OH is 1. The molecule has 16 heavy (non-hydrogen) atoms. The van der Waals surface area contributed by atoms with Crippen LogP contribution in [0.4, 0.5) is 15.8 Å². The number of nitrogens with two attached hydrogens (primary N) is 1. The molecule has 1 aliphatic heterocycles. The number of anilines is 2. The molecule has 3 nitrogen and oxygen atoms in total. The van der Waals surface area contributed by atoms with Gasteiger partial charge in [-0.2, -0.15) is 0 Å². The van der Waals surface area contributed by atoms with E-state index in [4.69, 9.17) is 5.73 Å². The first-order valence-electron chi connectivity index (χ1n) is 5.56. The third kappa shape index (κ3) is 1.85. The van der Waals surface area contributed by atoms with E-state index in [0.29, 0.717) is 17.3 Å². The van der Waals surface area contributed by atoms with Crippen molar-refractivity contribution in [3.8, 4) is 0 Å². The molecule has 1 aromatic carbocycles. The molecular formula is C12H17FN2O. The molecule has 1 saturated heterocycles. The summed E-state index contributed by atoms with van der Waals surface area (Å²) in [4.78, 5) is 1.93. The topological polar surface area (TPSA) is 49.5 Å². The number of aliphatic hydroxyl groups is 1. The Morgan fingerprint density at radius 2 is 2.31 bits per heavy atom. The van der Waals surface area contributed by atoms with Gasteiger partial charge in [0.2, 0.25) is 0 Å². The monoisotopic (exact) mass is 224 g/mol. The van der Waals surface area contributed by atoms with E-state index in [1.807, 2.05) is 4.90 Å². The summed E-state index contributed by atoms with van der Waals surface area (Å²) in [5.74, 6) is 0.0782. The first-order valence-corrected chi connectivity index (χ1v) is 5.56. The van der Waals surface area contributed by atoms with Crippen LogP contribution in [-0.4, -0.2) is 24.3 Å². The van der Waals surface area contributed by atoms with E-state index >= 15 is 0 Å². The van der Waals surface area contributed by atoms with E-state index in [9.17, 15) is 9.50 Å². The van der Waals surface area contributed by atoms with Crippen LogP contribution in [0.25, 0.3) is 0 Å². The van der Waals surface area contributed by atoms with Gasteiger partial charge in [-0.3, -0.25) is 0 Å². The first kappa shape index (κ1) is 11.2. The summed E-state index contributed by atoms with van der Waals surface area (Å²) < 4.78 is 13.7. The van der Waals surface area contributed by atoms with E-state index < -0.39 is 0 Å². The zero-order valence-electron chi connectivity index (χ0n) is 9.36. The SMILES string of the molecule is CC1CCN(c2ccc(N)cc2F)C1CO. The molecule has 0 aromatic heterocycles. The molecule has 0 saturated carbocycles. The molecule has 0 bridgehead atoms. The standard InChI is InChI=1S/C12H17FN2O/c1-8-4-5-15(12(8)7-16)11-3-2-9(14)6-10(11)13/h2-3,6,8,12,16H,4-5,7,14H2,1H3. The summed E-state index contributed by atoms with van der Waals surface area (Å²) in [6, 6.07) is 4.71. The Morgan fingerprint density at radius 1 is 1.56 bits per heavy atom. The Kier molecular flexibility index (Phi) is 3.01. The maximum atomic E-state index is 13.7. The maximum absolute atomic E-state index is 13.7. The van der Waals surface area contributed by atoms with Crippen LogP contribution >= 0.6 is 0 Å². The highest BCUT2D eigenvalue weighted by Gasteiger charge is 2.31. The molecule has 0 spiro atoms. The lowest BCUT2D eigenvalue weighted by molar-refractivity contribution is 0.244. The van der Waals surface area contributed by atoms with Crippen molar-refractivity contribution >= 4 is 11.4 Å². The third-order valence-corrected chi connectivity index (χ3v) is 3.35. The average molecular weight is 224 g/mol. The van der Waals surface area contributed by atoms with Crippen molar-refractivity contribution < 1.29 is 9.50 Å². The Bertz CT molecular complexity index is 383. The van der Waals surface area contributed by atoms with Crippen LogP contribution in [0.1, 0.15) is 13.3 Å². The van der Waals surface area contributed by atoms with Gasteiger partial charge in [0.1, 0.15) is 5.82 Å². The van der Waals surface area contributed by atoms with E-state index in [1.165, 1.54) is 6.07 Å². The molecule has 3 N–H and O–H groups in total. The molecule has 0 amide bonds. The summed E-state index contributed by atoms with van der Waals surface area (Å²) in [6.07, 6.45) is 0.981. The number of rotatable bonds is 2. The van der Waals surface area contributed by atoms with Crippen molar-refractivity contribution in [3.05, 3.63) is 24.0 Å². The van der Waals surface area contributed by atoms with Crippen LogP contribution in [0, 0.1) is 11.7 Å². The lowest BCUT2D eigenvalue weighted by Crippen LogP contribution is -2.35. The highest BCUT2D eigenvalue weighted by Crippen LogP contribution is 2.31. The zero-order chi connectivity index (χ0) is 11.7. The second-order valence-electron chi connectivity index (χ2n) is 4.42. The fourth-order valence-electron chi connectivity index (χ4n) is 2.34. The smallest absolute Gasteiger partial charge is 0.148 e. The van der Waals surface area contributed by atoms with Gasteiger partial charge >= 0.3 is 0 Å². The molecule has 2 unspecified atom stereocenters. The van der Waals surface area contributed by atoms with Gasteiger partial charge in [-0.1, -0.05) is 6.92 Å². The molecule has 88 valence electrons. The van der Waals surface area contributed by atoms with Gasteiger partial charge in [0.25, 0.3) is 0 Å². The number of hydrogen-bond acceptors (Lipinski definition) is 3. The van der Waals surface area contributed by atoms with Crippen molar-refractivity contribution in [3.63, 3.8) is 0 Å². The Labute approximate surface area is 94.7 Å². The first-order chi connectivity index (χ1) is 7.63. The molecule has 1 fully saturated rings. The zero-order valence-corrected chi connectivity index (χ0v) is 9.36. The number of nitrogen functional groups attached to an aromatic ring is 1. The fourth-order valence-corrected chi connectivity index (χ4v) is 2.34. The minimum absolute atomic E-state index is 0.0122. The summed E-state index contributed by atoms with van der Waals surface area (Å²) in [7, 11) is 0. The number of halogens is 1. The minimum Gasteiger partial charge on any atom is -0.399 e. The fraction of sp³-hybridized carbons (Fsp3) is 0.500. The molecule has 0 radical (unpaired) electrons. The van der Waals surface area contributed by atoms with Crippen molar-refractivity contribution in [2.75, 3.05) is 23.8 Å². The van der Waals surface area contributed by atoms with Crippen LogP contribution in [0.5, 0.6) is 0 Å². The highest BCUT2D eigenvalue weighted by atomic mass is 19.1. The molecule has 1 heterocycles. The van der Waals surface area contributed by atoms with Crippen LogP contribution in [-0.2, 0) is 0 Å². The van der Waals surface area contributed by atoms with Gasteiger partial charge in [-0.15, -0.1) is 0 Å². The molecule has 1 aliphatic rings. The molecular weight excluding hydrogens is 207 g/mol. The maximum Gasteiger partial charge on any atom is 0.148 e. The number of nitrogens with zero attached hydrogens (tertiary/aromatic N) is 1.